The van der Waals surface area contributed by atoms with Crippen molar-refractivity contribution in [3.05, 3.63) is 39.4 Å². The SMILES string of the molecule is Cc1cc(C(=O)N2CCCC2CN)ccc1[N+](=O)[O-]. The monoisotopic (exact) mass is 263 g/mol. The van der Waals surface area contributed by atoms with Crippen molar-refractivity contribution in [3.63, 3.8) is 0 Å². The lowest BCUT2D eigenvalue weighted by Gasteiger charge is -2.23. The maximum Gasteiger partial charge on any atom is 0.272 e. The first kappa shape index (κ1) is 13.5. The van der Waals surface area contributed by atoms with Gasteiger partial charge in [-0.25, -0.2) is 0 Å². The van der Waals surface area contributed by atoms with Crippen LogP contribution in [0.2, 0.25) is 0 Å². The van der Waals surface area contributed by atoms with Crippen LogP contribution in [0.5, 0.6) is 0 Å². The fraction of sp³-hybridized carbons (Fsp3) is 0.462. The average molecular weight is 263 g/mol. The van der Waals surface area contributed by atoms with Crippen LogP contribution in [0.25, 0.3) is 0 Å². The summed E-state index contributed by atoms with van der Waals surface area (Å²) in [5, 5.41) is 10.8. The molecule has 1 aromatic carbocycles. The number of nitrogens with two attached hydrogens (primary N) is 1. The van der Waals surface area contributed by atoms with E-state index < -0.39 is 4.92 Å². The van der Waals surface area contributed by atoms with Crippen molar-refractivity contribution in [2.45, 2.75) is 25.8 Å². The third-order valence-electron chi connectivity index (χ3n) is 3.55. The lowest BCUT2D eigenvalue weighted by atomic mass is 10.1. The minimum atomic E-state index is -0.442. The summed E-state index contributed by atoms with van der Waals surface area (Å²) in [6.07, 6.45) is 1.88. The molecule has 1 amide bonds. The van der Waals surface area contributed by atoms with Gasteiger partial charge in [-0.1, -0.05) is 0 Å². The fourth-order valence-electron chi connectivity index (χ4n) is 2.51. The number of aryl methyl sites for hydroxylation is 1. The molecule has 6 heteroatoms. The molecule has 6 nitrogen and oxygen atoms in total. The van der Waals surface area contributed by atoms with Crippen molar-refractivity contribution >= 4 is 11.6 Å². The summed E-state index contributed by atoms with van der Waals surface area (Å²) in [7, 11) is 0. The second-order valence-electron chi connectivity index (χ2n) is 4.79. The Morgan fingerprint density at radius 2 is 2.32 bits per heavy atom. The molecular weight excluding hydrogens is 246 g/mol. The van der Waals surface area contributed by atoms with Gasteiger partial charge in [-0.2, -0.15) is 0 Å². The third-order valence-corrected chi connectivity index (χ3v) is 3.55. The Balaban J connectivity index is 2.25. The highest BCUT2D eigenvalue weighted by Gasteiger charge is 2.28. The van der Waals surface area contributed by atoms with Gasteiger partial charge < -0.3 is 10.6 Å². The van der Waals surface area contributed by atoms with Gasteiger partial charge in [0.15, 0.2) is 0 Å². The predicted octanol–water partition coefficient (Wildman–Crippen LogP) is 1.47. The molecule has 19 heavy (non-hydrogen) atoms. The van der Waals surface area contributed by atoms with Gasteiger partial charge in [0.25, 0.3) is 11.6 Å². The summed E-state index contributed by atoms with van der Waals surface area (Å²) in [6, 6.07) is 4.56. The molecule has 1 aliphatic heterocycles. The van der Waals surface area contributed by atoms with E-state index in [1.807, 2.05) is 0 Å². The summed E-state index contributed by atoms with van der Waals surface area (Å²) in [4.78, 5) is 24.4. The zero-order valence-electron chi connectivity index (χ0n) is 10.8. The number of likely N-dealkylation sites (tertiary alicyclic amines) is 1. The Labute approximate surface area is 111 Å². The Morgan fingerprint density at radius 1 is 1.58 bits per heavy atom. The number of hydrogen-bond acceptors (Lipinski definition) is 4. The van der Waals surface area contributed by atoms with Crippen LogP contribution in [0, 0.1) is 17.0 Å². The Morgan fingerprint density at radius 3 is 2.89 bits per heavy atom. The first-order valence-electron chi connectivity index (χ1n) is 6.30. The second kappa shape index (κ2) is 5.36. The van der Waals surface area contributed by atoms with Crippen molar-refractivity contribution in [2.75, 3.05) is 13.1 Å². The molecule has 0 bridgehead atoms. The van der Waals surface area contributed by atoms with Crippen molar-refractivity contribution in [2.24, 2.45) is 5.73 Å². The van der Waals surface area contributed by atoms with Gasteiger partial charge in [-0.05, 0) is 31.9 Å². The highest BCUT2D eigenvalue weighted by atomic mass is 16.6. The third kappa shape index (κ3) is 2.58. The number of nitro benzene ring substituents is 1. The van der Waals surface area contributed by atoms with Crippen molar-refractivity contribution in [1.82, 2.24) is 4.90 Å². The van der Waals surface area contributed by atoms with Gasteiger partial charge in [0.2, 0.25) is 0 Å². The van der Waals surface area contributed by atoms with E-state index >= 15 is 0 Å². The van der Waals surface area contributed by atoms with Gasteiger partial charge in [0.1, 0.15) is 0 Å². The summed E-state index contributed by atoms with van der Waals surface area (Å²) >= 11 is 0. The molecule has 0 saturated carbocycles. The van der Waals surface area contributed by atoms with E-state index in [0.717, 1.165) is 12.8 Å². The highest BCUT2D eigenvalue weighted by Crippen LogP contribution is 2.23. The number of hydrogen-bond donors (Lipinski definition) is 1. The normalized spacial score (nSPS) is 18.6. The van der Waals surface area contributed by atoms with Crippen LogP contribution in [-0.2, 0) is 0 Å². The summed E-state index contributed by atoms with van der Waals surface area (Å²) < 4.78 is 0. The van der Waals surface area contributed by atoms with Gasteiger partial charge in [-0.3, -0.25) is 14.9 Å². The molecule has 1 unspecified atom stereocenters. The lowest BCUT2D eigenvalue weighted by Crippen LogP contribution is -2.39. The molecule has 102 valence electrons. The van der Waals surface area contributed by atoms with Crippen molar-refractivity contribution in [3.8, 4) is 0 Å². The van der Waals surface area contributed by atoms with E-state index in [1.54, 1.807) is 17.9 Å². The molecule has 0 aromatic heterocycles. The number of carbonyl (C=O) groups excluding carboxylic acids is 1. The molecule has 1 saturated heterocycles. The lowest BCUT2D eigenvalue weighted by molar-refractivity contribution is -0.385. The highest BCUT2D eigenvalue weighted by molar-refractivity contribution is 5.95. The standard InChI is InChI=1S/C13H17N3O3/c1-9-7-10(4-5-12(9)16(18)19)13(17)15-6-2-3-11(15)8-14/h4-5,7,11H,2-3,6,8,14H2,1H3. The molecule has 1 fully saturated rings. The number of nitro groups is 1. The maximum atomic E-state index is 12.4. The van der Waals surface area contributed by atoms with Gasteiger partial charge >= 0.3 is 0 Å². The zero-order chi connectivity index (χ0) is 14.0. The molecule has 1 heterocycles. The zero-order valence-corrected chi connectivity index (χ0v) is 10.8. The number of carbonyl (C=O) groups is 1. The Hall–Kier alpha value is -1.95. The Kier molecular flexibility index (Phi) is 3.80. The van der Waals surface area contributed by atoms with Crippen LogP contribution in [0.4, 0.5) is 5.69 Å². The van der Waals surface area contributed by atoms with Crippen LogP contribution < -0.4 is 5.73 Å². The fourth-order valence-corrected chi connectivity index (χ4v) is 2.51. The summed E-state index contributed by atoms with van der Waals surface area (Å²) in [5.41, 5.74) is 6.67. The van der Waals surface area contributed by atoms with E-state index in [0.29, 0.717) is 24.2 Å². The molecule has 1 atom stereocenters. The quantitative estimate of drug-likeness (QED) is 0.660. The molecule has 0 aliphatic carbocycles. The van der Waals surface area contributed by atoms with Crippen LogP contribution in [0.15, 0.2) is 18.2 Å². The number of nitrogens with zero attached hydrogens (tertiary/aromatic N) is 2. The smallest absolute Gasteiger partial charge is 0.272 e. The first-order valence-corrected chi connectivity index (χ1v) is 6.30. The second-order valence-corrected chi connectivity index (χ2v) is 4.79. The predicted molar refractivity (Wildman–Crippen MR) is 70.9 cm³/mol. The van der Waals surface area contributed by atoms with Crippen LogP contribution in [0.1, 0.15) is 28.8 Å². The molecule has 1 aliphatic rings. The van der Waals surface area contributed by atoms with Gasteiger partial charge in [0.05, 0.1) is 4.92 Å². The molecule has 0 radical (unpaired) electrons. The maximum absolute atomic E-state index is 12.4. The van der Waals surface area contributed by atoms with Crippen LogP contribution >= 0.6 is 0 Å². The Bertz CT molecular complexity index is 516. The largest absolute Gasteiger partial charge is 0.334 e. The van der Waals surface area contributed by atoms with E-state index in [2.05, 4.69) is 0 Å². The van der Waals surface area contributed by atoms with E-state index in [9.17, 15) is 14.9 Å². The molecular formula is C13H17N3O3. The molecule has 0 spiro atoms. The minimum absolute atomic E-state index is 0.0355. The number of rotatable bonds is 3. The number of amides is 1. The first-order chi connectivity index (χ1) is 9.04. The summed E-state index contributed by atoms with van der Waals surface area (Å²) in [5.74, 6) is -0.0917. The molecule has 1 aromatic rings. The average Bonchev–Trinajstić information content (AvgIpc) is 2.85. The van der Waals surface area contributed by atoms with E-state index in [4.69, 9.17) is 5.73 Å². The van der Waals surface area contributed by atoms with Crippen LogP contribution in [-0.4, -0.2) is 34.9 Å². The minimum Gasteiger partial charge on any atom is -0.334 e. The topological polar surface area (TPSA) is 89.5 Å². The van der Waals surface area contributed by atoms with Crippen LogP contribution in [0.3, 0.4) is 0 Å². The number of benzene rings is 1. The van der Waals surface area contributed by atoms with E-state index in [1.165, 1.54) is 12.1 Å². The molecule has 2 rings (SSSR count). The van der Waals surface area contributed by atoms with Gasteiger partial charge in [-0.15, -0.1) is 0 Å². The van der Waals surface area contributed by atoms with Crippen molar-refractivity contribution < 1.29 is 9.72 Å². The van der Waals surface area contributed by atoms with Gasteiger partial charge in [0, 0.05) is 36.3 Å². The van der Waals surface area contributed by atoms with E-state index in [-0.39, 0.29) is 17.6 Å². The summed E-state index contributed by atoms with van der Waals surface area (Å²) in [6.45, 7) is 2.80. The van der Waals surface area contributed by atoms with Crippen molar-refractivity contribution in [1.29, 1.82) is 0 Å². The molecule has 2 N–H and O–H groups in total.